The second kappa shape index (κ2) is 10.7. The first-order valence-electron chi connectivity index (χ1n) is 13.0. The molecule has 200 valence electrons. The number of nitrogens with zero attached hydrogens (tertiary/aromatic N) is 4. The summed E-state index contributed by atoms with van der Waals surface area (Å²) in [6, 6.07) is 19.4. The maximum atomic E-state index is 14.2. The van der Waals surface area contributed by atoms with Gasteiger partial charge in [0.05, 0.1) is 11.6 Å². The van der Waals surface area contributed by atoms with Gasteiger partial charge in [-0.05, 0) is 49.6 Å². The minimum Gasteiger partial charge on any atom is -0.454 e. The van der Waals surface area contributed by atoms with E-state index in [9.17, 15) is 9.59 Å². The largest absolute Gasteiger partial charge is 0.454 e. The van der Waals surface area contributed by atoms with Crippen LogP contribution in [-0.2, 0) is 20.9 Å². The predicted molar refractivity (Wildman–Crippen MR) is 143 cm³/mol. The van der Waals surface area contributed by atoms with Crippen molar-refractivity contribution in [3.05, 3.63) is 77.9 Å². The van der Waals surface area contributed by atoms with Crippen LogP contribution in [0.15, 0.2) is 66.7 Å². The summed E-state index contributed by atoms with van der Waals surface area (Å²) < 4.78 is 18.4. The van der Waals surface area contributed by atoms with Gasteiger partial charge in [0.25, 0.3) is 0 Å². The lowest BCUT2D eigenvalue weighted by Crippen LogP contribution is -2.46. The molecule has 1 saturated heterocycles. The zero-order valence-electron chi connectivity index (χ0n) is 21.6. The van der Waals surface area contributed by atoms with Gasteiger partial charge in [0, 0.05) is 24.9 Å². The molecule has 0 aliphatic carbocycles. The Hall–Kier alpha value is -4.44. The van der Waals surface area contributed by atoms with Crippen LogP contribution >= 0.6 is 0 Å². The summed E-state index contributed by atoms with van der Waals surface area (Å²) in [6.07, 6.45) is 1.82. The van der Waals surface area contributed by atoms with Crippen LogP contribution in [0.3, 0.4) is 0 Å². The summed E-state index contributed by atoms with van der Waals surface area (Å²) >= 11 is 0. The highest BCUT2D eigenvalue weighted by Crippen LogP contribution is 2.38. The molecule has 39 heavy (non-hydrogen) atoms. The number of para-hydroxylation sites is 1. The fourth-order valence-electron chi connectivity index (χ4n) is 4.99. The van der Waals surface area contributed by atoms with E-state index in [2.05, 4.69) is 15.6 Å². The number of carbonyl (C=O) groups excluding carboxylic acids is 2. The Kier molecular flexibility index (Phi) is 6.85. The number of anilines is 1. The highest BCUT2D eigenvalue weighted by Gasteiger charge is 2.34. The number of nitrogens with one attached hydrogen (secondary N) is 1. The summed E-state index contributed by atoms with van der Waals surface area (Å²) in [4.78, 5) is 29.6. The van der Waals surface area contributed by atoms with Gasteiger partial charge in [-0.25, -0.2) is 4.68 Å². The monoisotopic (exact) mass is 527 g/mol. The molecular formula is C29H29N5O5. The van der Waals surface area contributed by atoms with Gasteiger partial charge in [-0.3, -0.25) is 14.5 Å². The van der Waals surface area contributed by atoms with Gasteiger partial charge >= 0.3 is 0 Å². The number of amides is 2. The molecule has 0 spiro atoms. The Morgan fingerprint density at radius 1 is 1.08 bits per heavy atom. The number of aryl methyl sites for hydroxylation is 1. The van der Waals surface area contributed by atoms with E-state index in [1.165, 1.54) is 4.90 Å². The first kappa shape index (κ1) is 24.9. The van der Waals surface area contributed by atoms with Crippen molar-refractivity contribution in [2.75, 3.05) is 24.8 Å². The summed E-state index contributed by atoms with van der Waals surface area (Å²) in [7, 11) is 0. The number of carbonyl (C=O) groups is 2. The molecule has 0 saturated carbocycles. The summed E-state index contributed by atoms with van der Waals surface area (Å²) in [5.74, 6) is 0.466. The van der Waals surface area contributed by atoms with Crippen molar-refractivity contribution >= 4 is 28.5 Å². The number of ether oxygens (including phenoxy) is 3. The number of benzene rings is 3. The summed E-state index contributed by atoms with van der Waals surface area (Å²) in [6.45, 7) is 3.03. The SMILES string of the molecule is Cc1ccc([C@H](C(=O)NC[C@@H]2CCCO2)N(C(=O)Cn2nnc3ccccc32)c2ccc3c(c2)OCO3)cc1. The van der Waals surface area contributed by atoms with Crippen LogP contribution in [0.4, 0.5) is 5.69 Å². The quantitative estimate of drug-likeness (QED) is 0.373. The minimum atomic E-state index is -0.949. The minimum absolute atomic E-state index is 0.0381. The Bertz CT molecular complexity index is 1500. The van der Waals surface area contributed by atoms with E-state index in [1.54, 1.807) is 22.9 Å². The third-order valence-corrected chi connectivity index (χ3v) is 7.04. The number of fused-ring (bicyclic) bond motifs is 2. The molecule has 2 amide bonds. The molecule has 0 unspecified atom stereocenters. The zero-order chi connectivity index (χ0) is 26.8. The van der Waals surface area contributed by atoms with Gasteiger partial charge in [0.1, 0.15) is 18.1 Å². The number of hydrogen-bond donors (Lipinski definition) is 1. The molecule has 4 aromatic rings. The summed E-state index contributed by atoms with van der Waals surface area (Å²) in [5, 5.41) is 11.4. The van der Waals surface area contributed by atoms with Crippen molar-refractivity contribution in [3.8, 4) is 11.5 Å². The lowest BCUT2D eigenvalue weighted by Gasteiger charge is -2.32. The normalized spacial score (nSPS) is 16.8. The lowest BCUT2D eigenvalue weighted by atomic mass is 10.0. The Balaban J connectivity index is 1.40. The number of aromatic nitrogens is 3. The molecule has 3 aromatic carbocycles. The van der Waals surface area contributed by atoms with E-state index in [4.69, 9.17) is 14.2 Å². The molecule has 0 bridgehead atoms. The fourth-order valence-corrected chi connectivity index (χ4v) is 4.99. The van der Waals surface area contributed by atoms with E-state index in [1.807, 2.05) is 55.5 Å². The van der Waals surface area contributed by atoms with Crippen LogP contribution < -0.4 is 19.7 Å². The maximum Gasteiger partial charge on any atom is 0.249 e. The first-order chi connectivity index (χ1) is 19.1. The second-order valence-electron chi connectivity index (χ2n) is 9.73. The average molecular weight is 528 g/mol. The van der Waals surface area contributed by atoms with Gasteiger partial charge < -0.3 is 19.5 Å². The molecule has 1 aromatic heterocycles. The smallest absolute Gasteiger partial charge is 0.249 e. The van der Waals surface area contributed by atoms with Crippen LogP contribution in [0, 0.1) is 6.92 Å². The standard InChI is InChI=1S/C29H29N5O5/c1-19-8-10-20(11-9-19)28(29(36)30-16-22-5-4-14-37-22)34(21-12-13-25-26(15-21)39-18-38-25)27(35)17-33-24-7-3-2-6-23(24)31-32-33/h2-3,6-13,15,22,28H,4-5,14,16-18H2,1H3,(H,30,36)/t22-,28+/m0/s1. The van der Waals surface area contributed by atoms with Crippen LogP contribution in [0.2, 0.25) is 0 Å². The average Bonchev–Trinajstić information content (AvgIpc) is 3.72. The molecule has 3 heterocycles. The third kappa shape index (κ3) is 5.15. The zero-order valence-corrected chi connectivity index (χ0v) is 21.6. The van der Waals surface area contributed by atoms with Gasteiger partial charge in [0.2, 0.25) is 18.6 Å². The van der Waals surface area contributed by atoms with Crippen LogP contribution in [-0.4, -0.2) is 52.9 Å². The van der Waals surface area contributed by atoms with Gasteiger partial charge in [-0.2, -0.15) is 0 Å². The molecule has 2 aliphatic heterocycles. The second-order valence-corrected chi connectivity index (χ2v) is 9.73. The Labute approximate surface area is 225 Å². The molecule has 1 fully saturated rings. The molecule has 2 aliphatic rings. The first-order valence-corrected chi connectivity index (χ1v) is 13.0. The highest BCUT2D eigenvalue weighted by molar-refractivity contribution is 6.01. The molecule has 6 rings (SSSR count). The van der Waals surface area contributed by atoms with Gasteiger partial charge in [-0.1, -0.05) is 47.2 Å². The van der Waals surface area contributed by atoms with Crippen LogP contribution in [0.1, 0.15) is 30.0 Å². The van der Waals surface area contributed by atoms with E-state index in [-0.39, 0.29) is 31.3 Å². The molecule has 0 radical (unpaired) electrons. The maximum absolute atomic E-state index is 14.2. The van der Waals surface area contributed by atoms with Crippen molar-refractivity contribution in [2.45, 2.75) is 38.5 Å². The van der Waals surface area contributed by atoms with E-state index in [0.717, 1.165) is 23.9 Å². The molecule has 1 N–H and O–H groups in total. The number of hydrogen-bond acceptors (Lipinski definition) is 7. The molecule has 10 heteroatoms. The number of rotatable bonds is 8. The topological polar surface area (TPSA) is 108 Å². The van der Waals surface area contributed by atoms with Crippen LogP contribution in [0.5, 0.6) is 11.5 Å². The Morgan fingerprint density at radius 3 is 2.72 bits per heavy atom. The van der Waals surface area contributed by atoms with E-state index < -0.39 is 6.04 Å². The van der Waals surface area contributed by atoms with E-state index in [0.29, 0.717) is 41.4 Å². The fraction of sp³-hybridized carbons (Fsp3) is 0.310. The van der Waals surface area contributed by atoms with E-state index >= 15 is 0 Å². The lowest BCUT2D eigenvalue weighted by molar-refractivity contribution is -0.127. The van der Waals surface area contributed by atoms with Crippen molar-refractivity contribution in [1.29, 1.82) is 0 Å². The van der Waals surface area contributed by atoms with Gasteiger partial charge in [-0.15, -0.1) is 5.10 Å². The van der Waals surface area contributed by atoms with Gasteiger partial charge in [0.15, 0.2) is 11.5 Å². The predicted octanol–water partition coefficient (Wildman–Crippen LogP) is 3.54. The van der Waals surface area contributed by atoms with Crippen molar-refractivity contribution < 1.29 is 23.8 Å². The van der Waals surface area contributed by atoms with Crippen molar-refractivity contribution in [3.63, 3.8) is 0 Å². The van der Waals surface area contributed by atoms with Crippen molar-refractivity contribution in [1.82, 2.24) is 20.3 Å². The molecule has 10 nitrogen and oxygen atoms in total. The van der Waals surface area contributed by atoms with Crippen LogP contribution in [0.25, 0.3) is 11.0 Å². The molecular weight excluding hydrogens is 498 g/mol. The van der Waals surface area contributed by atoms with Crippen molar-refractivity contribution in [2.24, 2.45) is 0 Å². The third-order valence-electron chi connectivity index (χ3n) is 7.04. The molecule has 2 atom stereocenters. The Morgan fingerprint density at radius 2 is 1.90 bits per heavy atom. The highest BCUT2D eigenvalue weighted by atomic mass is 16.7. The summed E-state index contributed by atoms with van der Waals surface area (Å²) in [5.41, 5.74) is 3.65.